The Kier molecular flexibility index (Phi) is 8.05. The quantitative estimate of drug-likeness (QED) is 0.292. The monoisotopic (exact) mass is 375 g/mol. The Morgan fingerprint density at radius 2 is 1.93 bits per heavy atom. The molecule has 1 aliphatic heterocycles. The second kappa shape index (κ2) is 10.5. The molecule has 0 radical (unpaired) electrons. The lowest BCUT2D eigenvalue weighted by Gasteiger charge is -2.31. The number of nitrogens with two attached hydrogens (primary N) is 3. The van der Waals surface area contributed by atoms with Crippen molar-refractivity contribution in [3.05, 3.63) is 42.2 Å². The molecule has 27 heavy (non-hydrogen) atoms. The van der Waals surface area contributed by atoms with Gasteiger partial charge in [0.2, 0.25) is 5.91 Å². The zero-order valence-electron chi connectivity index (χ0n) is 15.4. The van der Waals surface area contributed by atoms with E-state index < -0.39 is 6.04 Å². The first-order valence-corrected chi connectivity index (χ1v) is 9.09. The number of carbonyl (C=O) groups excluding carboxylic acids is 2. The third-order valence-corrected chi connectivity index (χ3v) is 4.40. The standard InChI is InChI=1S/C18H29N7O2/c19-7-1-2-16(18(27)24-12-9-22-10-13-24)23-17(26)14-3-5-15(6-4-14)25(21)11-8-20/h3-6,8,11,16,22H,1-2,7,9-10,12-13,19-21H2,(H,23,26)/b11-8-/t16-/m0/s1. The van der Waals surface area contributed by atoms with E-state index in [0.717, 1.165) is 13.1 Å². The Labute approximate surface area is 159 Å². The predicted octanol–water partition coefficient (Wildman–Crippen LogP) is -0.934. The van der Waals surface area contributed by atoms with Gasteiger partial charge >= 0.3 is 0 Å². The number of hydrogen-bond donors (Lipinski definition) is 5. The van der Waals surface area contributed by atoms with E-state index in [2.05, 4.69) is 10.6 Å². The molecule has 0 saturated carbocycles. The maximum atomic E-state index is 12.8. The molecule has 1 aromatic rings. The molecule has 1 aromatic carbocycles. The number of hydrazine groups is 1. The van der Waals surface area contributed by atoms with Crippen LogP contribution in [0.2, 0.25) is 0 Å². The van der Waals surface area contributed by atoms with Gasteiger partial charge in [-0.25, -0.2) is 5.84 Å². The number of nitrogens with one attached hydrogen (secondary N) is 2. The first kappa shape index (κ1) is 20.7. The van der Waals surface area contributed by atoms with Crippen molar-refractivity contribution in [1.82, 2.24) is 15.5 Å². The third kappa shape index (κ3) is 5.95. The molecule has 1 aliphatic rings. The Balaban J connectivity index is 2.04. The number of benzene rings is 1. The molecular weight excluding hydrogens is 346 g/mol. The van der Waals surface area contributed by atoms with Crippen LogP contribution >= 0.6 is 0 Å². The second-order valence-corrected chi connectivity index (χ2v) is 6.33. The van der Waals surface area contributed by atoms with Crippen LogP contribution in [0.3, 0.4) is 0 Å². The topological polar surface area (TPSA) is 143 Å². The number of nitrogens with zero attached hydrogens (tertiary/aromatic N) is 2. The minimum Gasteiger partial charge on any atom is -0.403 e. The van der Waals surface area contributed by atoms with Crippen molar-refractivity contribution in [3.8, 4) is 0 Å². The lowest BCUT2D eigenvalue weighted by atomic mass is 10.1. The van der Waals surface area contributed by atoms with E-state index in [-0.39, 0.29) is 11.8 Å². The first-order valence-electron chi connectivity index (χ1n) is 9.09. The summed E-state index contributed by atoms with van der Waals surface area (Å²) < 4.78 is 0. The molecule has 9 heteroatoms. The third-order valence-electron chi connectivity index (χ3n) is 4.40. The summed E-state index contributed by atoms with van der Waals surface area (Å²) in [5.74, 6) is 5.43. The van der Waals surface area contributed by atoms with E-state index in [1.807, 2.05) is 0 Å². The van der Waals surface area contributed by atoms with Crippen molar-refractivity contribution in [1.29, 1.82) is 0 Å². The Hall–Kier alpha value is -2.62. The van der Waals surface area contributed by atoms with Crippen LogP contribution in [0.25, 0.3) is 0 Å². The van der Waals surface area contributed by atoms with Crippen LogP contribution in [-0.4, -0.2) is 55.5 Å². The summed E-state index contributed by atoms with van der Waals surface area (Å²) in [5, 5.41) is 7.41. The molecular formula is C18H29N7O2. The van der Waals surface area contributed by atoms with Crippen molar-refractivity contribution in [2.24, 2.45) is 17.3 Å². The zero-order chi connectivity index (χ0) is 19.6. The van der Waals surface area contributed by atoms with Crippen LogP contribution in [0.4, 0.5) is 5.69 Å². The van der Waals surface area contributed by atoms with Crippen molar-refractivity contribution < 1.29 is 9.59 Å². The molecule has 1 heterocycles. The highest BCUT2D eigenvalue weighted by Gasteiger charge is 2.26. The van der Waals surface area contributed by atoms with Crippen LogP contribution in [-0.2, 0) is 4.79 Å². The van der Waals surface area contributed by atoms with Gasteiger partial charge in [-0.2, -0.15) is 0 Å². The average molecular weight is 375 g/mol. The van der Waals surface area contributed by atoms with Gasteiger partial charge in [0.05, 0.1) is 5.69 Å². The molecule has 0 aromatic heterocycles. The van der Waals surface area contributed by atoms with E-state index in [4.69, 9.17) is 17.3 Å². The second-order valence-electron chi connectivity index (χ2n) is 6.33. The number of piperazine rings is 1. The van der Waals surface area contributed by atoms with E-state index in [1.54, 1.807) is 29.2 Å². The molecule has 148 valence electrons. The first-order chi connectivity index (χ1) is 13.1. The molecule has 0 unspecified atom stereocenters. The largest absolute Gasteiger partial charge is 0.403 e. The highest BCUT2D eigenvalue weighted by molar-refractivity contribution is 5.97. The van der Waals surface area contributed by atoms with E-state index in [0.29, 0.717) is 43.7 Å². The maximum Gasteiger partial charge on any atom is 0.251 e. The normalized spacial score (nSPS) is 15.6. The fraction of sp³-hybridized carbons (Fsp3) is 0.444. The van der Waals surface area contributed by atoms with Crippen LogP contribution in [0.5, 0.6) is 0 Å². The highest BCUT2D eigenvalue weighted by atomic mass is 16.2. The smallest absolute Gasteiger partial charge is 0.251 e. The zero-order valence-corrected chi connectivity index (χ0v) is 15.4. The molecule has 0 aliphatic carbocycles. The van der Waals surface area contributed by atoms with Crippen molar-refractivity contribution in [2.45, 2.75) is 18.9 Å². The summed E-state index contributed by atoms with van der Waals surface area (Å²) in [6, 6.07) is 6.16. The summed E-state index contributed by atoms with van der Waals surface area (Å²) in [6.45, 7) is 3.28. The SMILES string of the molecule is N/C=C\N(N)c1ccc(C(=O)N[C@@H](CCCN)C(=O)N2CCNCC2)cc1. The Morgan fingerprint density at radius 1 is 1.26 bits per heavy atom. The lowest BCUT2D eigenvalue weighted by Crippen LogP contribution is -2.54. The molecule has 1 fully saturated rings. The fourth-order valence-electron chi connectivity index (χ4n) is 2.89. The fourth-order valence-corrected chi connectivity index (χ4v) is 2.89. The minimum absolute atomic E-state index is 0.0591. The van der Waals surface area contributed by atoms with Crippen LogP contribution in [0.1, 0.15) is 23.2 Å². The van der Waals surface area contributed by atoms with Crippen molar-refractivity contribution in [2.75, 3.05) is 37.7 Å². The van der Waals surface area contributed by atoms with Gasteiger partial charge in [-0.15, -0.1) is 0 Å². The van der Waals surface area contributed by atoms with Gasteiger partial charge in [-0.05, 0) is 43.7 Å². The van der Waals surface area contributed by atoms with Gasteiger partial charge in [-0.1, -0.05) is 0 Å². The molecule has 0 spiro atoms. The Morgan fingerprint density at radius 3 is 2.52 bits per heavy atom. The number of anilines is 1. The van der Waals surface area contributed by atoms with Gasteiger partial charge < -0.3 is 27.0 Å². The van der Waals surface area contributed by atoms with Crippen molar-refractivity contribution in [3.63, 3.8) is 0 Å². The van der Waals surface area contributed by atoms with E-state index in [1.165, 1.54) is 17.4 Å². The van der Waals surface area contributed by atoms with Crippen LogP contribution in [0, 0.1) is 0 Å². The summed E-state index contributed by atoms with van der Waals surface area (Å²) in [4.78, 5) is 27.2. The number of amides is 2. The number of carbonyl (C=O) groups is 2. The number of hydrogen-bond acceptors (Lipinski definition) is 7. The van der Waals surface area contributed by atoms with Gasteiger partial charge in [0, 0.05) is 44.1 Å². The molecule has 1 saturated heterocycles. The van der Waals surface area contributed by atoms with E-state index >= 15 is 0 Å². The molecule has 2 amide bonds. The van der Waals surface area contributed by atoms with E-state index in [9.17, 15) is 9.59 Å². The van der Waals surface area contributed by atoms with Gasteiger partial charge in [0.25, 0.3) is 5.91 Å². The minimum atomic E-state index is -0.579. The van der Waals surface area contributed by atoms with Crippen molar-refractivity contribution >= 4 is 17.5 Å². The Bertz CT molecular complexity index is 642. The maximum absolute atomic E-state index is 12.8. The molecule has 9 nitrogen and oxygen atoms in total. The lowest BCUT2D eigenvalue weighted by molar-refractivity contribution is -0.134. The van der Waals surface area contributed by atoms with Crippen LogP contribution in [0.15, 0.2) is 36.7 Å². The van der Waals surface area contributed by atoms with Crippen LogP contribution < -0.4 is 33.0 Å². The summed E-state index contributed by atoms with van der Waals surface area (Å²) >= 11 is 0. The molecule has 2 rings (SSSR count). The van der Waals surface area contributed by atoms with Gasteiger partial charge in [0.1, 0.15) is 6.04 Å². The molecule has 0 bridgehead atoms. The summed E-state index contributed by atoms with van der Waals surface area (Å²) in [7, 11) is 0. The van der Waals surface area contributed by atoms with Gasteiger partial charge in [-0.3, -0.25) is 14.6 Å². The summed E-state index contributed by atoms with van der Waals surface area (Å²) in [5.41, 5.74) is 12.0. The highest BCUT2D eigenvalue weighted by Crippen LogP contribution is 2.13. The summed E-state index contributed by atoms with van der Waals surface area (Å²) in [6.07, 6.45) is 4.00. The number of rotatable bonds is 8. The average Bonchev–Trinajstić information content (AvgIpc) is 2.71. The van der Waals surface area contributed by atoms with Gasteiger partial charge in [0.15, 0.2) is 0 Å². The molecule has 1 atom stereocenters. The molecule has 8 N–H and O–H groups in total. The predicted molar refractivity (Wildman–Crippen MR) is 105 cm³/mol.